The Morgan fingerprint density at radius 3 is 2.50 bits per heavy atom. The van der Waals surface area contributed by atoms with Gasteiger partial charge in [0.2, 0.25) is 0 Å². The Hall–Kier alpha value is -1.52. The molecule has 3 nitrogen and oxygen atoms in total. The molecule has 0 radical (unpaired) electrons. The average molecular weight is 335 g/mol. The van der Waals surface area contributed by atoms with Gasteiger partial charge in [-0.2, -0.15) is 0 Å². The average Bonchev–Trinajstić information content (AvgIpc) is 3.00. The van der Waals surface area contributed by atoms with Crippen molar-refractivity contribution in [1.29, 1.82) is 0 Å². The lowest BCUT2D eigenvalue weighted by atomic mass is 10.1. The second-order valence-corrected chi connectivity index (χ2v) is 7.02. The van der Waals surface area contributed by atoms with E-state index in [1.807, 2.05) is 28.5 Å². The fourth-order valence-corrected chi connectivity index (χ4v) is 4.13. The van der Waals surface area contributed by atoms with Crippen LogP contribution in [-0.2, 0) is 0 Å². The number of hydrogen-bond acceptors (Lipinski definition) is 3. The van der Waals surface area contributed by atoms with Crippen LogP contribution in [0.4, 0.5) is 5.69 Å². The van der Waals surface area contributed by atoms with Gasteiger partial charge in [0.05, 0.1) is 15.6 Å². The van der Waals surface area contributed by atoms with Crippen LogP contribution < -0.4 is 4.90 Å². The number of aryl methyl sites for hydroxylation is 2. The van der Waals surface area contributed by atoms with Crippen LogP contribution in [-0.4, -0.2) is 37.0 Å². The number of carbonyl (C=O) groups is 1. The van der Waals surface area contributed by atoms with Crippen LogP contribution in [0.2, 0.25) is 5.02 Å². The second kappa shape index (κ2) is 6.31. The Balaban J connectivity index is 1.71. The number of benzene rings is 1. The fraction of sp³-hybridized carbons (Fsp3) is 0.353. The van der Waals surface area contributed by atoms with Gasteiger partial charge < -0.3 is 9.80 Å². The van der Waals surface area contributed by atoms with Gasteiger partial charge in [0, 0.05) is 26.2 Å². The standard InChI is InChI=1S/C17H19ClN2OS/c1-12-10-13(2)16(14(18)11-12)19-5-7-20(8-6-19)17(21)15-4-3-9-22-15/h3-4,9-11H,5-8H2,1-2H3. The lowest BCUT2D eigenvalue weighted by molar-refractivity contribution is 0.0751. The van der Waals surface area contributed by atoms with E-state index in [2.05, 4.69) is 24.8 Å². The maximum Gasteiger partial charge on any atom is 0.264 e. The van der Waals surface area contributed by atoms with Gasteiger partial charge >= 0.3 is 0 Å². The van der Waals surface area contributed by atoms with E-state index in [1.165, 1.54) is 22.5 Å². The third-order valence-electron chi connectivity index (χ3n) is 4.01. The number of amides is 1. The van der Waals surface area contributed by atoms with Gasteiger partial charge in [-0.25, -0.2) is 0 Å². The first-order chi connectivity index (χ1) is 10.6. The van der Waals surface area contributed by atoms with Crippen LogP contribution in [0.3, 0.4) is 0 Å². The minimum atomic E-state index is 0.140. The molecule has 0 spiro atoms. The highest BCUT2D eigenvalue weighted by molar-refractivity contribution is 7.12. The van der Waals surface area contributed by atoms with Crippen molar-refractivity contribution in [3.05, 3.63) is 50.7 Å². The minimum absolute atomic E-state index is 0.140. The van der Waals surface area contributed by atoms with E-state index in [9.17, 15) is 4.79 Å². The molecule has 1 saturated heterocycles. The summed E-state index contributed by atoms with van der Waals surface area (Å²) in [7, 11) is 0. The Labute approximate surface area is 140 Å². The lowest BCUT2D eigenvalue weighted by Crippen LogP contribution is -2.48. The topological polar surface area (TPSA) is 23.6 Å². The molecule has 1 aromatic heterocycles. The number of hydrogen-bond donors (Lipinski definition) is 0. The van der Waals surface area contributed by atoms with Crippen molar-refractivity contribution in [3.8, 4) is 0 Å². The molecule has 1 fully saturated rings. The van der Waals surface area contributed by atoms with Gasteiger partial charge in [0.25, 0.3) is 5.91 Å². The molecule has 0 atom stereocenters. The first-order valence-corrected chi connectivity index (χ1v) is 8.66. The highest BCUT2D eigenvalue weighted by Gasteiger charge is 2.24. The molecule has 1 aliphatic rings. The molecule has 0 bridgehead atoms. The van der Waals surface area contributed by atoms with Crippen molar-refractivity contribution in [3.63, 3.8) is 0 Å². The Morgan fingerprint density at radius 2 is 1.91 bits per heavy atom. The van der Waals surface area contributed by atoms with Gasteiger partial charge in [0.15, 0.2) is 0 Å². The van der Waals surface area contributed by atoms with Crippen LogP contribution in [0, 0.1) is 13.8 Å². The molecule has 22 heavy (non-hydrogen) atoms. The monoisotopic (exact) mass is 334 g/mol. The number of piperazine rings is 1. The van der Waals surface area contributed by atoms with E-state index in [4.69, 9.17) is 11.6 Å². The third kappa shape index (κ3) is 2.99. The molecular formula is C17H19ClN2OS. The van der Waals surface area contributed by atoms with Gasteiger partial charge in [-0.1, -0.05) is 23.7 Å². The molecule has 1 aromatic carbocycles. The molecule has 2 aromatic rings. The zero-order valence-electron chi connectivity index (χ0n) is 12.8. The normalized spacial score (nSPS) is 15.2. The minimum Gasteiger partial charge on any atom is -0.367 e. The number of anilines is 1. The third-order valence-corrected chi connectivity index (χ3v) is 5.16. The summed E-state index contributed by atoms with van der Waals surface area (Å²) in [6.07, 6.45) is 0. The van der Waals surface area contributed by atoms with Gasteiger partial charge in [-0.3, -0.25) is 4.79 Å². The van der Waals surface area contributed by atoms with Gasteiger partial charge in [-0.15, -0.1) is 11.3 Å². The molecule has 0 unspecified atom stereocenters. The zero-order valence-corrected chi connectivity index (χ0v) is 14.4. The number of carbonyl (C=O) groups excluding carboxylic acids is 1. The van der Waals surface area contributed by atoms with Crippen LogP contribution >= 0.6 is 22.9 Å². The molecule has 0 aliphatic carbocycles. The smallest absolute Gasteiger partial charge is 0.264 e. The van der Waals surface area contributed by atoms with Gasteiger partial charge in [-0.05, 0) is 42.5 Å². The van der Waals surface area contributed by atoms with Crippen molar-refractivity contribution >= 4 is 34.5 Å². The van der Waals surface area contributed by atoms with Crippen LogP contribution in [0.25, 0.3) is 0 Å². The van der Waals surface area contributed by atoms with Crippen LogP contribution in [0.15, 0.2) is 29.6 Å². The predicted octanol–water partition coefficient (Wildman–Crippen LogP) is 3.98. The maximum absolute atomic E-state index is 12.4. The van der Waals surface area contributed by atoms with Crippen molar-refractivity contribution in [2.75, 3.05) is 31.1 Å². The number of nitrogens with zero attached hydrogens (tertiary/aromatic N) is 2. The molecule has 5 heteroatoms. The highest BCUT2D eigenvalue weighted by Crippen LogP contribution is 2.31. The SMILES string of the molecule is Cc1cc(C)c(N2CCN(C(=O)c3cccs3)CC2)c(Cl)c1. The van der Waals surface area contributed by atoms with Crippen molar-refractivity contribution in [2.24, 2.45) is 0 Å². The highest BCUT2D eigenvalue weighted by atomic mass is 35.5. The Morgan fingerprint density at radius 1 is 1.18 bits per heavy atom. The number of halogens is 1. The summed E-state index contributed by atoms with van der Waals surface area (Å²) in [6, 6.07) is 7.97. The maximum atomic E-state index is 12.4. The second-order valence-electron chi connectivity index (χ2n) is 5.67. The summed E-state index contributed by atoms with van der Waals surface area (Å²) in [5, 5.41) is 2.74. The van der Waals surface area contributed by atoms with Crippen LogP contribution in [0.1, 0.15) is 20.8 Å². The zero-order chi connectivity index (χ0) is 15.7. The molecule has 3 rings (SSSR count). The quantitative estimate of drug-likeness (QED) is 0.829. The lowest BCUT2D eigenvalue weighted by Gasteiger charge is -2.37. The molecule has 0 N–H and O–H groups in total. The first-order valence-electron chi connectivity index (χ1n) is 7.41. The summed E-state index contributed by atoms with van der Waals surface area (Å²) in [4.78, 5) is 17.4. The van der Waals surface area contributed by atoms with Crippen molar-refractivity contribution in [2.45, 2.75) is 13.8 Å². The van der Waals surface area contributed by atoms with E-state index in [-0.39, 0.29) is 5.91 Å². The molecular weight excluding hydrogens is 316 g/mol. The van der Waals surface area contributed by atoms with Crippen LogP contribution in [0.5, 0.6) is 0 Å². The molecule has 2 heterocycles. The number of thiophene rings is 1. The molecule has 0 saturated carbocycles. The Bertz CT molecular complexity index is 653. The summed E-state index contributed by atoms with van der Waals surface area (Å²) < 4.78 is 0. The van der Waals surface area contributed by atoms with Crippen molar-refractivity contribution in [1.82, 2.24) is 4.90 Å². The van der Waals surface area contributed by atoms with E-state index < -0.39 is 0 Å². The Kier molecular flexibility index (Phi) is 4.41. The summed E-state index contributed by atoms with van der Waals surface area (Å²) in [6.45, 7) is 7.26. The first kappa shape index (κ1) is 15.4. The predicted molar refractivity (Wildman–Crippen MR) is 93.4 cm³/mol. The number of rotatable bonds is 2. The summed E-state index contributed by atoms with van der Waals surface area (Å²) >= 11 is 7.93. The van der Waals surface area contributed by atoms with Crippen molar-refractivity contribution < 1.29 is 4.79 Å². The summed E-state index contributed by atoms with van der Waals surface area (Å²) in [5.41, 5.74) is 3.48. The molecule has 1 amide bonds. The largest absolute Gasteiger partial charge is 0.367 e. The van der Waals surface area contributed by atoms with E-state index in [1.54, 1.807) is 0 Å². The van der Waals surface area contributed by atoms with E-state index >= 15 is 0 Å². The molecule has 1 aliphatic heterocycles. The fourth-order valence-electron chi connectivity index (χ4n) is 3.00. The molecule has 116 valence electrons. The van der Waals surface area contributed by atoms with E-state index in [0.29, 0.717) is 0 Å². The summed E-state index contributed by atoms with van der Waals surface area (Å²) in [5.74, 6) is 0.140. The van der Waals surface area contributed by atoms with E-state index in [0.717, 1.165) is 41.8 Å². The van der Waals surface area contributed by atoms with Gasteiger partial charge in [0.1, 0.15) is 0 Å².